The van der Waals surface area contributed by atoms with Crippen molar-refractivity contribution in [2.75, 3.05) is 0 Å². The van der Waals surface area contributed by atoms with Crippen LogP contribution in [0.4, 0.5) is 0 Å². The van der Waals surface area contributed by atoms with E-state index < -0.39 is 0 Å². The maximum Gasteiger partial charge on any atom is 0.145 e. The van der Waals surface area contributed by atoms with Crippen LogP contribution in [-0.4, -0.2) is 9.55 Å². The number of rotatable bonds is 2. The molecule has 0 spiro atoms. The number of fused-ring (bicyclic) bond motifs is 1. The van der Waals surface area contributed by atoms with Gasteiger partial charge < -0.3 is 0 Å². The maximum absolute atomic E-state index is 4.92. The molecule has 0 atom stereocenters. The summed E-state index contributed by atoms with van der Waals surface area (Å²) >= 11 is 0. The minimum Gasteiger partial charge on any atom is -0.292 e. The van der Waals surface area contributed by atoms with Crippen molar-refractivity contribution in [2.24, 2.45) is 0 Å². The van der Waals surface area contributed by atoms with E-state index in [1.165, 1.54) is 22.4 Å². The summed E-state index contributed by atoms with van der Waals surface area (Å²) in [6.45, 7) is 6.41. The van der Waals surface area contributed by atoms with E-state index in [9.17, 15) is 0 Å². The van der Waals surface area contributed by atoms with Crippen LogP contribution < -0.4 is 0 Å². The van der Waals surface area contributed by atoms with Gasteiger partial charge in [0.2, 0.25) is 0 Å². The predicted molar refractivity (Wildman–Crippen MR) is 101 cm³/mol. The zero-order valence-electron chi connectivity index (χ0n) is 14.2. The first kappa shape index (κ1) is 14.7. The van der Waals surface area contributed by atoms with Gasteiger partial charge in [0.25, 0.3) is 0 Å². The predicted octanol–water partition coefficient (Wildman–Crippen LogP) is 5.62. The molecule has 118 valence electrons. The molecule has 0 fully saturated rings. The van der Waals surface area contributed by atoms with Crippen molar-refractivity contribution >= 4 is 11.0 Å². The summed E-state index contributed by atoms with van der Waals surface area (Å²) < 4.78 is 2.28. The maximum atomic E-state index is 4.92. The van der Waals surface area contributed by atoms with Crippen molar-refractivity contribution in [2.45, 2.75) is 20.8 Å². The van der Waals surface area contributed by atoms with Crippen LogP contribution in [0.25, 0.3) is 28.1 Å². The van der Waals surface area contributed by atoms with Crippen LogP contribution in [0.1, 0.15) is 16.7 Å². The average Bonchev–Trinajstić information content (AvgIpc) is 2.93. The summed E-state index contributed by atoms with van der Waals surface area (Å²) in [5.41, 5.74) is 8.24. The number of aryl methyl sites for hydroxylation is 3. The van der Waals surface area contributed by atoms with Gasteiger partial charge in [-0.15, -0.1) is 0 Å². The number of imidazole rings is 1. The molecule has 3 aromatic carbocycles. The van der Waals surface area contributed by atoms with Gasteiger partial charge in [-0.2, -0.15) is 0 Å². The van der Waals surface area contributed by atoms with Crippen molar-refractivity contribution in [1.82, 2.24) is 9.55 Å². The van der Waals surface area contributed by atoms with Crippen molar-refractivity contribution in [3.05, 3.63) is 83.4 Å². The molecule has 0 amide bonds. The van der Waals surface area contributed by atoms with Gasteiger partial charge in [-0.1, -0.05) is 42.5 Å². The van der Waals surface area contributed by atoms with Crippen LogP contribution in [0.2, 0.25) is 0 Å². The molecule has 0 saturated heterocycles. The smallest absolute Gasteiger partial charge is 0.145 e. The Bertz CT molecular complexity index is 1010. The van der Waals surface area contributed by atoms with Gasteiger partial charge in [0, 0.05) is 11.3 Å². The Morgan fingerprint density at radius 3 is 2.12 bits per heavy atom. The number of hydrogen-bond donors (Lipinski definition) is 0. The minimum atomic E-state index is 0.987. The average molecular weight is 312 g/mol. The van der Waals surface area contributed by atoms with E-state index in [0.717, 1.165) is 22.4 Å². The molecule has 2 nitrogen and oxygen atoms in total. The molecule has 1 aromatic heterocycles. The van der Waals surface area contributed by atoms with Crippen LogP contribution in [0.3, 0.4) is 0 Å². The normalized spacial score (nSPS) is 11.1. The Labute approximate surface area is 142 Å². The molecule has 1 heterocycles. The van der Waals surface area contributed by atoms with Crippen molar-refractivity contribution in [3.8, 4) is 17.1 Å². The number of nitrogens with zero attached hydrogens (tertiary/aromatic N) is 2. The molecule has 0 aliphatic carbocycles. The Balaban J connectivity index is 2.09. The lowest BCUT2D eigenvalue weighted by Gasteiger charge is -2.12. The molecule has 4 rings (SSSR count). The third-order valence-corrected chi connectivity index (χ3v) is 4.31. The van der Waals surface area contributed by atoms with E-state index >= 15 is 0 Å². The first-order valence-electron chi connectivity index (χ1n) is 8.25. The third-order valence-electron chi connectivity index (χ3n) is 4.31. The minimum absolute atomic E-state index is 0.987. The molecule has 0 radical (unpaired) electrons. The highest BCUT2D eigenvalue weighted by atomic mass is 15.1. The standard InChI is InChI=1S/C22H20N2/c1-15-9-10-20-21(14-15)24(19-12-16(2)11-17(3)13-19)22(23-20)18-7-5-4-6-8-18/h4-14H,1-3H3. The van der Waals surface area contributed by atoms with E-state index in [-0.39, 0.29) is 0 Å². The van der Waals surface area contributed by atoms with Crippen LogP contribution in [0, 0.1) is 20.8 Å². The van der Waals surface area contributed by atoms with Crippen molar-refractivity contribution in [3.63, 3.8) is 0 Å². The quantitative estimate of drug-likeness (QED) is 0.470. The summed E-state index contributed by atoms with van der Waals surface area (Å²) in [4.78, 5) is 4.92. The Morgan fingerprint density at radius 2 is 1.42 bits per heavy atom. The van der Waals surface area contributed by atoms with Gasteiger partial charge in [0.15, 0.2) is 0 Å². The summed E-state index contributed by atoms with van der Waals surface area (Å²) in [6.07, 6.45) is 0. The monoisotopic (exact) mass is 312 g/mol. The molecule has 0 aliphatic rings. The zero-order valence-corrected chi connectivity index (χ0v) is 14.2. The van der Waals surface area contributed by atoms with Gasteiger partial charge in [0.1, 0.15) is 5.82 Å². The van der Waals surface area contributed by atoms with Gasteiger partial charge in [-0.25, -0.2) is 4.98 Å². The lowest BCUT2D eigenvalue weighted by Crippen LogP contribution is -1.99. The lowest BCUT2D eigenvalue weighted by molar-refractivity contribution is 1.09. The molecule has 24 heavy (non-hydrogen) atoms. The Morgan fingerprint density at radius 1 is 0.708 bits per heavy atom. The molecule has 4 aromatic rings. The highest BCUT2D eigenvalue weighted by molar-refractivity contribution is 5.84. The molecule has 2 heteroatoms. The molecule has 0 unspecified atom stereocenters. The van der Waals surface area contributed by atoms with Crippen LogP contribution in [-0.2, 0) is 0 Å². The van der Waals surface area contributed by atoms with E-state index in [4.69, 9.17) is 4.98 Å². The Hall–Kier alpha value is -2.87. The molecule has 0 aliphatic heterocycles. The number of aromatic nitrogens is 2. The van der Waals surface area contributed by atoms with Gasteiger partial charge in [-0.05, 0) is 61.7 Å². The summed E-state index contributed by atoms with van der Waals surface area (Å²) in [7, 11) is 0. The van der Waals surface area contributed by atoms with Crippen LogP contribution in [0.15, 0.2) is 66.7 Å². The van der Waals surface area contributed by atoms with E-state index in [2.05, 4.69) is 86.0 Å². The number of benzene rings is 3. The van der Waals surface area contributed by atoms with Gasteiger partial charge >= 0.3 is 0 Å². The fourth-order valence-electron chi connectivity index (χ4n) is 3.31. The second-order valence-electron chi connectivity index (χ2n) is 6.47. The highest BCUT2D eigenvalue weighted by Gasteiger charge is 2.14. The largest absolute Gasteiger partial charge is 0.292 e. The van der Waals surface area contributed by atoms with Gasteiger partial charge in [-0.3, -0.25) is 4.57 Å². The van der Waals surface area contributed by atoms with Crippen LogP contribution >= 0.6 is 0 Å². The molecule has 0 saturated carbocycles. The molecule has 0 N–H and O–H groups in total. The molecular formula is C22H20N2. The second kappa shape index (κ2) is 5.64. The fraction of sp³-hybridized carbons (Fsp3) is 0.136. The molecule has 0 bridgehead atoms. The fourth-order valence-corrected chi connectivity index (χ4v) is 3.31. The second-order valence-corrected chi connectivity index (χ2v) is 6.47. The SMILES string of the molecule is Cc1cc(C)cc(-n2c(-c3ccccc3)nc3ccc(C)cc32)c1. The summed E-state index contributed by atoms with van der Waals surface area (Å²) in [6, 6.07) is 23.5. The summed E-state index contributed by atoms with van der Waals surface area (Å²) in [5.74, 6) is 0.987. The van der Waals surface area contributed by atoms with Gasteiger partial charge in [0.05, 0.1) is 11.0 Å². The van der Waals surface area contributed by atoms with E-state index in [1.54, 1.807) is 0 Å². The third kappa shape index (κ3) is 2.50. The van der Waals surface area contributed by atoms with Crippen LogP contribution in [0.5, 0.6) is 0 Å². The van der Waals surface area contributed by atoms with Crippen molar-refractivity contribution < 1.29 is 0 Å². The number of hydrogen-bond acceptors (Lipinski definition) is 1. The lowest BCUT2D eigenvalue weighted by atomic mass is 10.1. The first-order chi connectivity index (χ1) is 11.6. The van der Waals surface area contributed by atoms with E-state index in [1.807, 2.05) is 6.07 Å². The highest BCUT2D eigenvalue weighted by Crippen LogP contribution is 2.30. The van der Waals surface area contributed by atoms with Crippen molar-refractivity contribution in [1.29, 1.82) is 0 Å². The Kier molecular flexibility index (Phi) is 3.46. The van der Waals surface area contributed by atoms with E-state index in [0.29, 0.717) is 0 Å². The molecular weight excluding hydrogens is 292 g/mol. The topological polar surface area (TPSA) is 17.8 Å². The first-order valence-corrected chi connectivity index (χ1v) is 8.25. The zero-order chi connectivity index (χ0) is 16.7. The summed E-state index contributed by atoms with van der Waals surface area (Å²) in [5, 5.41) is 0.